The molecule has 5 heteroatoms. The second kappa shape index (κ2) is 6.35. The molecule has 0 radical (unpaired) electrons. The van der Waals surface area contributed by atoms with Gasteiger partial charge in [0.25, 0.3) is 5.91 Å². The molecule has 0 aliphatic carbocycles. The molecule has 0 saturated carbocycles. The minimum Gasteiger partial charge on any atom is -0.326 e. The summed E-state index contributed by atoms with van der Waals surface area (Å²) in [5.41, 5.74) is 2.12. The van der Waals surface area contributed by atoms with Gasteiger partial charge >= 0.3 is 0 Å². The van der Waals surface area contributed by atoms with Crippen molar-refractivity contribution in [3.05, 3.63) is 59.7 Å². The van der Waals surface area contributed by atoms with Crippen LogP contribution in [0.1, 0.15) is 22.8 Å². The first-order valence-electron chi connectivity index (χ1n) is 6.27. The van der Waals surface area contributed by atoms with Crippen LogP contribution in [0.15, 0.2) is 48.5 Å². The van der Waals surface area contributed by atoms with E-state index in [1.54, 1.807) is 42.5 Å². The van der Waals surface area contributed by atoms with E-state index in [9.17, 15) is 9.59 Å². The minimum absolute atomic E-state index is 0.153. The van der Waals surface area contributed by atoms with Gasteiger partial charge in [-0.05, 0) is 42.5 Å². The number of hydrogen-bond donors (Lipinski definition) is 2. The maximum absolute atomic E-state index is 12.1. The lowest BCUT2D eigenvalue weighted by Crippen LogP contribution is -2.12. The maximum Gasteiger partial charge on any atom is 0.255 e. The molecule has 0 atom stereocenters. The summed E-state index contributed by atoms with van der Waals surface area (Å²) in [5.74, 6) is -0.445. The summed E-state index contributed by atoms with van der Waals surface area (Å²) >= 11 is 0. The number of benzene rings is 2. The molecule has 2 N–H and O–H groups in total. The third kappa shape index (κ3) is 3.91. The molecule has 0 heterocycles. The molecule has 2 aromatic rings. The van der Waals surface area contributed by atoms with Crippen LogP contribution in [0.5, 0.6) is 0 Å². The first-order valence-corrected chi connectivity index (χ1v) is 6.27. The van der Waals surface area contributed by atoms with E-state index in [1.165, 1.54) is 13.0 Å². The van der Waals surface area contributed by atoms with E-state index in [4.69, 9.17) is 5.26 Å². The molecule has 0 fully saturated rings. The standard InChI is InChI=1S/C16H13N3O2/c1-11(20)18-14-5-7-15(8-6-14)19-16(21)13-4-2-3-12(9-13)10-17/h2-9H,1H3,(H,18,20)(H,19,21). The number of nitrogens with one attached hydrogen (secondary N) is 2. The van der Waals surface area contributed by atoms with Crippen LogP contribution in [0, 0.1) is 11.3 Å². The summed E-state index contributed by atoms with van der Waals surface area (Å²) in [5, 5.41) is 14.2. The second-order valence-electron chi connectivity index (χ2n) is 4.41. The van der Waals surface area contributed by atoms with Crippen LogP contribution < -0.4 is 10.6 Å². The first-order chi connectivity index (χ1) is 10.1. The predicted molar refractivity (Wildman–Crippen MR) is 79.9 cm³/mol. The fourth-order valence-corrected chi connectivity index (χ4v) is 1.77. The average Bonchev–Trinajstić information content (AvgIpc) is 2.49. The van der Waals surface area contributed by atoms with Gasteiger partial charge in [-0.3, -0.25) is 9.59 Å². The molecule has 0 saturated heterocycles. The Hall–Kier alpha value is -3.13. The second-order valence-corrected chi connectivity index (χ2v) is 4.41. The molecule has 0 spiro atoms. The van der Waals surface area contributed by atoms with Crippen molar-refractivity contribution >= 4 is 23.2 Å². The van der Waals surface area contributed by atoms with E-state index < -0.39 is 0 Å². The van der Waals surface area contributed by atoms with Crippen LogP contribution in [-0.4, -0.2) is 11.8 Å². The molecule has 5 nitrogen and oxygen atoms in total. The number of rotatable bonds is 3. The molecule has 0 aliphatic heterocycles. The highest BCUT2D eigenvalue weighted by Gasteiger charge is 2.06. The summed E-state index contributed by atoms with van der Waals surface area (Å²) in [6.07, 6.45) is 0. The van der Waals surface area contributed by atoms with Crippen molar-refractivity contribution in [2.24, 2.45) is 0 Å². The summed E-state index contributed by atoms with van der Waals surface area (Å²) in [6.45, 7) is 1.43. The van der Waals surface area contributed by atoms with E-state index in [-0.39, 0.29) is 11.8 Å². The molecular formula is C16H13N3O2. The molecule has 0 aromatic heterocycles. The smallest absolute Gasteiger partial charge is 0.255 e. The van der Waals surface area contributed by atoms with Gasteiger partial charge in [-0.2, -0.15) is 5.26 Å². The Morgan fingerprint density at radius 3 is 2.19 bits per heavy atom. The normalized spacial score (nSPS) is 9.52. The predicted octanol–water partition coefficient (Wildman–Crippen LogP) is 2.77. The van der Waals surface area contributed by atoms with E-state index in [2.05, 4.69) is 10.6 Å². The fourth-order valence-electron chi connectivity index (χ4n) is 1.77. The molecule has 21 heavy (non-hydrogen) atoms. The lowest BCUT2D eigenvalue weighted by molar-refractivity contribution is -0.114. The van der Waals surface area contributed by atoms with Gasteiger partial charge < -0.3 is 10.6 Å². The van der Waals surface area contributed by atoms with Crippen molar-refractivity contribution in [2.75, 3.05) is 10.6 Å². The lowest BCUT2D eigenvalue weighted by atomic mass is 10.1. The third-order valence-corrected chi connectivity index (χ3v) is 2.72. The highest BCUT2D eigenvalue weighted by atomic mass is 16.2. The molecule has 104 valence electrons. The van der Waals surface area contributed by atoms with Gasteiger partial charge in [-0.1, -0.05) is 6.07 Å². The average molecular weight is 279 g/mol. The number of hydrogen-bond acceptors (Lipinski definition) is 3. The van der Waals surface area contributed by atoms with Crippen LogP contribution >= 0.6 is 0 Å². The quantitative estimate of drug-likeness (QED) is 0.906. The number of carbonyl (C=O) groups excluding carboxylic acids is 2. The Bertz CT molecular complexity index is 715. The zero-order chi connectivity index (χ0) is 15.2. The highest BCUT2D eigenvalue weighted by molar-refractivity contribution is 6.04. The van der Waals surface area contributed by atoms with Gasteiger partial charge in [0.2, 0.25) is 5.91 Å². The summed E-state index contributed by atoms with van der Waals surface area (Å²) in [7, 11) is 0. The molecule has 2 aromatic carbocycles. The monoisotopic (exact) mass is 279 g/mol. The molecule has 0 bridgehead atoms. The van der Waals surface area contributed by atoms with Crippen molar-refractivity contribution in [2.45, 2.75) is 6.92 Å². The Kier molecular flexibility index (Phi) is 4.32. The Morgan fingerprint density at radius 2 is 1.62 bits per heavy atom. The van der Waals surface area contributed by atoms with Crippen LogP contribution in [0.3, 0.4) is 0 Å². The van der Waals surface area contributed by atoms with Crippen LogP contribution in [0.4, 0.5) is 11.4 Å². The molecule has 2 amide bonds. The Labute approximate surface area is 122 Å². The fraction of sp³-hybridized carbons (Fsp3) is 0.0625. The number of carbonyl (C=O) groups is 2. The van der Waals surface area contributed by atoms with E-state index in [0.717, 1.165) is 0 Å². The Morgan fingerprint density at radius 1 is 1.00 bits per heavy atom. The molecule has 2 rings (SSSR count). The molecule has 0 unspecified atom stereocenters. The number of nitrogens with zero attached hydrogens (tertiary/aromatic N) is 1. The van der Waals surface area contributed by atoms with Gasteiger partial charge in [0.15, 0.2) is 0 Å². The van der Waals surface area contributed by atoms with Gasteiger partial charge in [0.05, 0.1) is 11.6 Å². The van der Waals surface area contributed by atoms with Crippen molar-refractivity contribution in [3.8, 4) is 6.07 Å². The van der Waals surface area contributed by atoms with Crippen molar-refractivity contribution < 1.29 is 9.59 Å². The number of nitriles is 1. The topological polar surface area (TPSA) is 82.0 Å². The molecular weight excluding hydrogens is 266 g/mol. The van der Waals surface area contributed by atoms with Gasteiger partial charge in [-0.25, -0.2) is 0 Å². The van der Waals surface area contributed by atoms with E-state index in [0.29, 0.717) is 22.5 Å². The van der Waals surface area contributed by atoms with Crippen LogP contribution in [0.25, 0.3) is 0 Å². The van der Waals surface area contributed by atoms with Crippen LogP contribution in [0.2, 0.25) is 0 Å². The van der Waals surface area contributed by atoms with Crippen LogP contribution in [-0.2, 0) is 4.79 Å². The zero-order valence-corrected chi connectivity index (χ0v) is 11.4. The van der Waals surface area contributed by atoms with Gasteiger partial charge in [-0.15, -0.1) is 0 Å². The Balaban J connectivity index is 2.09. The highest BCUT2D eigenvalue weighted by Crippen LogP contribution is 2.15. The number of anilines is 2. The van der Waals surface area contributed by atoms with Crippen molar-refractivity contribution in [3.63, 3.8) is 0 Å². The minimum atomic E-state index is -0.292. The largest absolute Gasteiger partial charge is 0.326 e. The SMILES string of the molecule is CC(=O)Nc1ccc(NC(=O)c2cccc(C#N)c2)cc1. The van der Waals surface area contributed by atoms with Gasteiger partial charge in [0, 0.05) is 23.9 Å². The summed E-state index contributed by atoms with van der Waals surface area (Å²) in [6, 6.07) is 15.2. The third-order valence-electron chi connectivity index (χ3n) is 2.72. The van der Waals surface area contributed by atoms with Crippen molar-refractivity contribution in [1.82, 2.24) is 0 Å². The van der Waals surface area contributed by atoms with Gasteiger partial charge in [0.1, 0.15) is 0 Å². The zero-order valence-electron chi connectivity index (χ0n) is 11.4. The number of amides is 2. The first kappa shape index (κ1) is 14.3. The summed E-state index contributed by atoms with van der Waals surface area (Å²) in [4.78, 5) is 23.0. The van der Waals surface area contributed by atoms with E-state index >= 15 is 0 Å². The summed E-state index contributed by atoms with van der Waals surface area (Å²) < 4.78 is 0. The maximum atomic E-state index is 12.1. The van der Waals surface area contributed by atoms with E-state index in [1.807, 2.05) is 6.07 Å². The lowest BCUT2D eigenvalue weighted by Gasteiger charge is -2.07. The van der Waals surface area contributed by atoms with Crippen molar-refractivity contribution in [1.29, 1.82) is 5.26 Å². The molecule has 0 aliphatic rings.